The summed E-state index contributed by atoms with van der Waals surface area (Å²) in [5, 5.41) is 2.88. The van der Waals surface area contributed by atoms with Gasteiger partial charge in [0, 0.05) is 13.2 Å². The number of carbonyl (C=O) groups excluding carboxylic acids is 1. The molecule has 142 valence electrons. The van der Waals surface area contributed by atoms with Gasteiger partial charge in [-0.25, -0.2) is 13.1 Å². The van der Waals surface area contributed by atoms with Crippen molar-refractivity contribution in [3.05, 3.63) is 47.8 Å². The van der Waals surface area contributed by atoms with Crippen LogP contribution in [-0.4, -0.2) is 32.0 Å². The van der Waals surface area contributed by atoms with Gasteiger partial charge in [-0.1, -0.05) is 12.1 Å². The summed E-state index contributed by atoms with van der Waals surface area (Å²) in [7, 11) is -0.632. The Balaban J connectivity index is 2.12. The van der Waals surface area contributed by atoms with Crippen LogP contribution in [0.2, 0.25) is 0 Å². The van der Waals surface area contributed by atoms with Crippen molar-refractivity contribution in [2.75, 3.05) is 7.05 Å². The number of carbonyl (C=O) groups is 1. The van der Waals surface area contributed by atoms with Crippen LogP contribution >= 0.6 is 0 Å². The zero-order valence-corrected chi connectivity index (χ0v) is 16.4. The van der Waals surface area contributed by atoms with E-state index in [1.54, 1.807) is 7.05 Å². The zero-order valence-electron chi connectivity index (χ0n) is 15.6. The van der Waals surface area contributed by atoms with Gasteiger partial charge in [0.1, 0.15) is 16.3 Å². The van der Waals surface area contributed by atoms with Crippen molar-refractivity contribution in [2.24, 2.45) is 7.05 Å². The Hall–Kier alpha value is -2.32. The lowest BCUT2D eigenvalue weighted by Gasteiger charge is -2.16. The molecule has 0 fully saturated rings. The second-order valence-corrected chi connectivity index (χ2v) is 8.20. The standard InChI is InChI=1S/C18H25N3O4S/c1-12(2)25-15-8-6-14(7-9-15)13(3)20-18(22)17-10-16(11-21(17)5)26(23,24)19-4/h6-13,19H,1-5H3,(H,20,22). The first-order valence-electron chi connectivity index (χ1n) is 8.31. The Morgan fingerprint density at radius 2 is 1.77 bits per heavy atom. The number of nitrogens with one attached hydrogen (secondary N) is 2. The van der Waals surface area contributed by atoms with E-state index in [9.17, 15) is 13.2 Å². The highest BCUT2D eigenvalue weighted by Crippen LogP contribution is 2.20. The minimum absolute atomic E-state index is 0.0514. The minimum Gasteiger partial charge on any atom is -0.491 e. The molecule has 1 aromatic carbocycles. The first kappa shape index (κ1) is 20.0. The van der Waals surface area contributed by atoms with E-state index in [1.807, 2.05) is 45.0 Å². The molecular weight excluding hydrogens is 354 g/mol. The van der Waals surface area contributed by atoms with Crippen molar-refractivity contribution < 1.29 is 17.9 Å². The summed E-state index contributed by atoms with van der Waals surface area (Å²) in [6.45, 7) is 5.78. The number of amides is 1. The van der Waals surface area contributed by atoms with Gasteiger partial charge in [0.15, 0.2) is 0 Å². The predicted octanol–water partition coefficient (Wildman–Crippen LogP) is 2.21. The Morgan fingerprint density at radius 1 is 1.15 bits per heavy atom. The van der Waals surface area contributed by atoms with Gasteiger partial charge in [-0.05, 0) is 51.6 Å². The molecular formula is C18H25N3O4S. The van der Waals surface area contributed by atoms with Crippen LogP contribution in [0, 0.1) is 0 Å². The largest absolute Gasteiger partial charge is 0.491 e. The monoisotopic (exact) mass is 379 g/mol. The van der Waals surface area contributed by atoms with E-state index in [0.717, 1.165) is 11.3 Å². The number of sulfonamides is 1. The maximum absolute atomic E-state index is 12.5. The van der Waals surface area contributed by atoms with Crippen molar-refractivity contribution >= 4 is 15.9 Å². The third-order valence-electron chi connectivity index (χ3n) is 3.89. The average Bonchev–Trinajstić information content (AvgIpc) is 2.97. The van der Waals surface area contributed by atoms with Crippen LogP contribution < -0.4 is 14.8 Å². The fourth-order valence-electron chi connectivity index (χ4n) is 2.49. The van der Waals surface area contributed by atoms with Crippen LogP contribution in [-0.2, 0) is 17.1 Å². The topological polar surface area (TPSA) is 89.4 Å². The van der Waals surface area contributed by atoms with E-state index in [4.69, 9.17) is 4.74 Å². The van der Waals surface area contributed by atoms with Crippen molar-refractivity contribution in [3.8, 4) is 5.75 Å². The highest BCUT2D eigenvalue weighted by Gasteiger charge is 2.20. The van der Waals surface area contributed by atoms with Crippen molar-refractivity contribution in [1.29, 1.82) is 0 Å². The molecule has 1 unspecified atom stereocenters. The number of hydrogen-bond donors (Lipinski definition) is 2. The molecule has 8 heteroatoms. The first-order valence-corrected chi connectivity index (χ1v) is 9.79. The number of ether oxygens (including phenoxy) is 1. The average molecular weight is 379 g/mol. The molecule has 0 saturated heterocycles. The summed E-state index contributed by atoms with van der Waals surface area (Å²) >= 11 is 0. The number of benzene rings is 1. The SMILES string of the molecule is CNS(=O)(=O)c1cc(C(=O)NC(C)c2ccc(OC(C)C)cc2)n(C)c1. The minimum atomic E-state index is -3.59. The van der Waals surface area contributed by atoms with Gasteiger partial charge in [-0.15, -0.1) is 0 Å². The molecule has 0 spiro atoms. The molecule has 2 rings (SSSR count). The quantitative estimate of drug-likeness (QED) is 0.772. The zero-order chi connectivity index (χ0) is 19.5. The van der Waals surface area contributed by atoms with Crippen molar-refractivity contribution in [2.45, 2.75) is 37.8 Å². The second-order valence-electron chi connectivity index (χ2n) is 6.31. The molecule has 2 aromatic rings. The number of rotatable bonds is 7. The molecule has 0 bridgehead atoms. The number of aromatic nitrogens is 1. The molecule has 7 nitrogen and oxygen atoms in total. The van der Waals surface area contributed by atoms with Crippen molar-refractivity contribution in [3.63, 3.8) is 0 Å². The van der Waals surface area contributed by atoms with E-state index >= 15 is 0 Å². The van der Waals surface area contributed by atoms with Crippen molar-refractivity contribution in [1.82, 2.24) is 14.6 Å². The molecule has 1 amide bonds. The van der Waals surface area contributed by atoms with Gasteiger partial charge >= 0.3 is 0 Å². The molecule has 1 atom stereocenters. The molecule has 26 heavy (non-hydrogen) atoms. The molecule has 0 aliphatic carbocycles. The van der Waals surface area contributed by atoms with E-state index in [-0.39, 0.29) is 28.6 Å². The lowest BCUT2D eigenvalue weighted by molar-refractivity contribution is 0.0931. The Bertz CT molecular complexity index is 870. The summed E-state index contributed by atoms with van der Waals surface area (Å²) in [5.74, 6) is 0.423. The summed E-state index contributed by atoms with van der Waals surface area (Å²) in [6, 6.07) is 8.62. The van der Waals surface area contributed by atoms with E-state index in [1.165, 1.54) is 23.9 Å². The van der Waals surface area contributed by atoms with E-state index in [0.29, 0.717) is 0 Å². The van der Waals surface area contributed by atoms with Gasteiger partial charge in [0.25, 0.3) is 5.91 Å². The van der Waals surface area contributed by atoms with Crippen LogP contribution in [0.15, 0.2) is 41.4 Å². The Kier molecular flexibility index (Phi) is 6.09. The number of nitrogens with zero attached hydrogens (tertiary/aromatic N) is 1. The van der Waals surface area contributed by atoms with Crippen LogP contribution in [0.3, 0.4) is 0 Å². The van der Waals surface area contributed by atoms with E-state index in [2.05, 4.69) is 10.0 Å². The Morgan fingerprint density at radius 3 is 2.31 bits per heavy atom. The van der Waals surface area contributed by atoms with Crippen LogP contribution in [0.1, 0.15) is 42.9 Å². The predicted molar refractivity (Wildman–Crippen MR) is 99.7 cm³/mol. The second kappa shape index (κ2) is 7.92. The molecule has 1 aromatic heterocycles. The van der Waals surface area contributed by atoms with Gasteiger partial charge in [0.05, 0.1) is 12.1 Å². The van der Waals surface area contributed by atoms with Gasteiger partial charge < -0.3 is 14.6 Å². The third-order valence-corrected chi connectivity index (χ3v) is 5.27. The fourth-order valence-corrected chi connectivity index (χ4v) is 3.29. The molecule has 0 radical (unpaired) electrons. The van der Waals surface area contributed by atoms with Crippen LogP contribution in [0.25, 0.3) is 0 Å². The maximum atomic E-state index is 12.5. The highest BCUT2D eigenvalue weighted by molar-refractivity contribution is 7.89. The number of hydrogen-bond acceptors (Lipinski definition) is 4. The molecule has 0 saturated carbocycles. The summed E-state index contributed by atoms with van der Waals surface area (Å²) in [6.07, 6.45) is 1.50. The third kappa shape index (κ3) is 4.64. The maximum Gasteiger partial charge on any atom is 0.268 e. The smallest absolute Gasteiger partial charge is 0.268 e. The van der Waals surface area contributed by atoms with Gasteiger partial charge in [-0.2, -0.15) is 0 Å². The molecule has 2 N–H and O–H groups in total. The summed E-state index contributed by atoms with van der Waals surface area (Å²) in [4.78, 5) is 12.6. The lowest BCUT2D eigenvalue weighted by atomic mass is 10.1. The molecule has 0 aliphatic rings. The summed E-state index contributed by atoms with van der Waals surface area (Å²) < 4.78 is 33.1. The van der Waals surface area contributed by atoms with Gasteiger partial charge in [0.2, 0.25) is 10.0 Å². The number of aryl methyl sites for hydroxylation is 1. The van der Waals surface area contributed by atoms with Gasteiger partial charge in [-0.3, -0.25) is 4.79 Å². The molecule has 1 heterocycles. The van der Waals surface area contributed by atoms with Crippen LogP contribution in [0.4, 0.5) is 0 Å². The Labute approximate surface area is 154 Å². The highest BCUT2D eigenvalue weighted by atomic mass is 32.2. The normalized spacial score (nSPS) is 12.8. The first-order chi connectivity index (χ1) is 12.1. The fraction of sp³-hybridized carbons (Fsp3) is 0.389. The van der Waals surface area contributed by atoms with Crippen LogP contribution in [0.5, 0.6) is 5.75 Å². The van der Waals surface area contributed by atoms with E-state index < -0.39 is 10.0 Å². The molecule has 0 aliphatic heterocycles. The summed E-state index contributed by atoms with van der Waals surface area (Å²) in [5.41, 5.74) is 1.19. The lowest BCUT2D eigenvalue weighted by Crippen LogP contribution is -2.28.